The Hall–Kier alpha value is -6.97. The number of aromatic nitrogens is 3. The quantitative estimate of drug-likeness (QED) is 0.185. The molecule has 0 amide bonds. The van der Waals surface area contributed by atoms with Crippen LogP contribution in [0, 0.1) is 0 Å². The number of rotatable bonds is 3. The summed E-state index contributed by atoms with van der Waals surface area (Å²) in [6, 6.07) is 64.1. The first-order valence-corrected chi connectivity index (χ1v) is 17.9. The third kappa shape index (κ3) is 3.66. The van der Waals surface area contributed by atoms with Gasteiger partial charge in [0.25, 0.3) is 0 Å². The number of fused-ring (bicyclic) bond motifs is 11. The predicted octanol–water partition coefficient (Wildman–Crippen LogP) is 12.9. The van der Waals surface area contributed by atoms with E-state index >= 15 is 0 Å². The van der Waals surface area contributed by atoms with Gasteiger partial charge in [0.05, 0.1) is 27.6 Å². The summed E-state index contributed by atoms with van der Waals surface area (Å²) in [6.45, 7) is 0. The minimum absolute atomic E-state index is 0.935. The zero-order chi connectivity index (χ0) is 33.9. The van der Waals surface area contributed by atoms with Crippen LogP contribution in [0.4, 0.5) is 0 Å². The minimum Gasteiger partial charge on any atom is -0.309 e. The Morgan fingerprint density at radius 1 is 0.327 bits per heavy atom. The Morgan fingerprint density at radius 2 is 0.962 bits per heavy atom. The summed E-state index contributed by atoms with van der Waals surface area (Å²) in [7, 11) is 0. The molecule has 3 heterocycles. The summed E-state index contributed by atoms with van der Waals surface area (Å²) in [5, 5.41) is 8.71. The molecule has 11 aromatic rings. The predicted molar refractivity (Wildman–Crippen MR) is 218 cm³/mol. The van der Waals surface area contributed by atoms with Gasteiger partial charge < -0.3 is 4.57 Å². The molecule has 240 valence electrons. The number of hydrogen-bond donors (Lipinski definition) is 0. The Bertz CT molecular complexity index is 3290. The largest absolute Gasteiger partial charge is 0.309 e. The smallest absolute Gasteiger partial charge is 0.138 e. The number of benzene rings is 8. The Balaban J connectivity index is 1.17. The fraction of sp³-hybridized carbons (Fsp3) is 0. The second-order valence-corrected chi connectivity index (χ2v) is 13.9. The van der Waals surface area contributed by atoms with Crippen molar-refractivity contribution in [2.24, 2.45) is 0 Å². The van der Waals surface area contributed by atoms with Gasteiger partial charge >= 0.3 is 0 Å². The Morgan fingerprint density at radius 3 is 1.79 bits per heavy atom. The molecule has 0 saturated carbocycles. The second kappa shape index (κ2) is 10.3. The average Bonchev–Trinajstić information content (AvgIpc) is 3.84. The van der Waals surface area contributed by atoms with E-state index in [1.165, 1.54) is 87.8 Å². The first-order valence-electron chi connectivity index (χ1n) is 17.9. The number of hydrogen-bond acceptors (Lipinski definition) is 1. The van der Waals surface area contributed by atoms with E-state index in [-0.39, 0.29) is 0 Å². The summed E-state index contributed by atoms with van der Waals surface area (Å²) < 4.78 is 4.77. The molecule has 3 heteroatoms. The molecule has 12 rings (SSSR count). The van der Waals surface area contributed by atoms with E-state index in [1.807, 2.05) is 0 Å². The van der Waals surface area contributed by atoms with Crippen LogP contribution in [0.15, 0.2) is 176 Å². The molecule has 0 bridgehead atoms. The lowest BCUT2D eigenvalue weighted by Crippen LogP contribution is -1.99. The van der Waals surface area contributed by atoms with E-state index < -0.39 is 0 Å². The summed E-state index contributed by atoms with van der Waals surface area (Å²) in [5.74, 6) is 0.935. The van der Waals surface area contributed by atoms with Crippen molar-refractivity contribution >= 4 is 65.3 Å². The van der Waals surface area contributed by atoms with E-state index in [4.69, 9.17) is 4.98 Å². The van der Waals surface area contributed by atoms with Crippen LogP contribution in [0.2, 0.25) is 0 Å². The fourth-order valence-corrected chi connectivity index (χ4v) is 9.09. The molecule has 0 saturated heterocycles. The molecule has 0 fully saturated rings. The van der Waals surface area contributed by atoms with Gasteiger partial charge in [-0.3, -0.25) is 4.57 Å². The van der Waals surface area contributed by atoms with Crippen molar-refractivity contribution in [1.29, 1.82) is 0 Å². The average molecular weight is 660 g/mol. The van der Waals surface area contributed by atoms with Crippen molar-refractivity contribution in [3.05, 3.63) is 176 Å². The van der Waals surface area contributed by atoms with Crippen molar-refractivity contribution in [3.8, 4) is 44.9 Å². The van der Waals surface area contributed by atoms with Gasteiger partial charge in [0.15, 0.2) is 0 Å². The van der Waals surface area contributed by atoms with Crippen molar-refractivity contribution in [2.75, 3.05) is 0 Å². The highest BCUT2D eigenvalue weighted by molar-refractivity contribution is 6.25. The molecule has 3 nitrogen and oxygen atoms in total. The van der Waals surface area contributed by atoms with Crippen LogP contribution < -0.4 is 0 Å². The molecule has 1 aliphatic carbocycles. The van der Waals surface area contributed by atoms with Gasteiger partial charge in [-0.25, -0.2) is 4.98 Å². The van der Waals surface area contributed by atoms with E-state index in [0.717, 1.165) is 22.4 Å². The van der Waals surface area contributed by atoms with E-state index in [1.54, 1.807) is 0 Å². The lowest BCUT2D eigenvalue weighted by molar-refractivity contribution is 1.10. The van der Waals surface area contributed by atoms with Gasteiger partial charge in [-0.05, 0) is 98.8 Å². The highest BCUT2D eigenvalue weighted by Gasteiger charge is 2.25. The molecule has 52 heavy (non-hydrogen) atoms. The van der Waals surface area contributed by atoms with Gasteiger partial charge in [0.2, 0.25) is 0 Å². The van der Waals surface area contributed by atoms with Gasteiger partial charge in [0, 0.05) is 32.6 Å². The Labute approximate surface area is 299 Å². The number of pyridine rings is 1. The molecule has 0 unspecified atom stereocenters. The van der Waals surface area contributed by atoms with Crippen LogP contribution in [0.5, 0.6) is 0 Å². The normalized spacial score (nSPS) is 12.2. The summed E-state index contributed by atoms with van der Waals surface area (Å²) >= 11 is 0. The molecule has 1 aliphatic rings. The zero-order valence-corrected chi connectivity index (χ0v) is 28.1. The van der Waals surface area contributed by atoms with Crippen LogP contribution in [-0.2, 0) is 0 Å². The van der Waals surface area contributed by atoms with Crippen molar-refractivity contribution in [3.63, 3.8) is 0 Å². The minimum atomic E-state index is 0.935. The van der Waals surface area contributed by atoms with Crippen molar-refractivity contribution in [1.82, 2.24) is 14.1 Å². The lowest BCUT2D eigenvalue weighted by atomic mass is 9.94. The first kappa shape index (κ1) is 27.8. The number of nitrogens with zero attached hydrogens (tertiary/aromatic N) is 3. The van der Waals surface area contributed by atoms with E-state index in [0.29, 0.717) is 0 Å². The topological polar surface area (TPSA) is 22.8 Å². The van der Waals surface area contributed by atoms with Crippen LogP contribution >= 0.6 is 0 Å². The maximum absolute atomic E-state index is 5.41. The van der Waals surface area contributed by atoms with Gasteiger partial charge in [-0.15, -0.1) is 0 Å². The maximum Gasteiger partial charge on any atom is 0.138 e. The van der Waals surface area contributed by atoms with E-state index in [9.17, 15) is 0 Å². The highest BCUT2D eigenvalue weighted by atomic mass is 15.1. The number of para-hydroxylation sites is 3. The molecule has 0 radical (unpaired) electrons. The van der Waals surface area contributed by atoms with Gasteiger partial charge in [0.1, 0.15) is 5.82 Å². The second-order valence-electron chi connectivity index (χ2n) is 13.9. The summed E-state index contributed by atoms with van der Waals surface area (Å²) in [4.78, 5) is 5.41. The lowest BCUT2D eigenvalue weighted by Gasteiger charge is -2.13. The van der Waals surface area contributed by atoms with Crippen LogP contribution in [0.25, 0.3) is 110 Å². The highest BCUT2D eigenvalue weighted by Crippen LogP contribution is 2.48. The van der Waals surface area contributed by atoms with Gasteiger partial charge in [-0.2, -0.15) is 0 Å². The first-order chi connectivity index (χ1) is 25.8. The SMILES string of the molecule is c1ccc(-n2c3ccccc3c3cc(-c4cc5c(c6ccccc46)c4ccccc4n5-c4cc5c6c(cccc6n4)-c4ccccc4-5)ccc32)cc1. The van der Waals surface area contributed by atoms with Gasteiger partial charge in [-0.1, -0.05) is 121 Å². The van der Waals surface area contributed by atoms with Crippen molar-refractivity contribution in [2.45, 2.75) is 0 Å². The maximum atomic E-state index is 5.41. The molecule has 8 aromatic carbocycles. The van der Waals surface area contributed by atoms with Crippen molar-refractivity contribution < 1.29 is 0 Å². The molecule has 0 N–H and O–H groups in total. The van der Waals surface area contributed by atoms with Crippen LogP contribution in [0.1, 0.15) is 0 Å². The van der Waals surface area contributed by atoms with Crippen LogP contribution in [-0.4, -0.2) is 14.1 Å². The molecule has 3 aromatic heterocycles. The standard InChI is InChI=1S/C49H29N3/c1-2-13-31(14-3-1)51-43-23-10-8-18-35(43)40-27-30(25-26-45(40)51)39-28-46-49(37-19-7-6-17-34(37)39)38-20-9-11-24-44(38)52(46)47-29-41-33-16-5-4-15-32(33)36-21-12-22-42(50-47)48(36)41/h1-29H. The molecular weight excluding hydrogens is 631 g/mol. The third-order valence-electron chi connectivity index (χ3n) is 11.2. The van der Waals surface area contributed by atoms with E-state index in [2.05, 4.69) is 185 Å². The summed E-state index contributed by atoms with van der Waals surface area (Å²) in [5.41, 5.74) is 14.4. The Kier molecular flexibility index (Phi) is 5.50. The molecule has 0 atom stereocenters. The van der Waals surface area contributed by atoms with Crippen LogP contribution in [0.3, 0.4) is 0 Å². The summed E-state index contributed by atoms with van der Waals surface area (Å²) in [6.07, 6.45) is 0. The molecular formula is C49H29N3. The molecule has 0 spiro atoms. The fourth-order valence-electron chi connectivity index (χ4n) is 9.09. The molecule has 0 aliphatic heterocycles. The zero-order valence-electron chi connectivity index (χ0n) is 28.1. The monoisotopic (exact) mass is 659 g/mol. The third-order valence-corrected chi connectivity index (χ3v) is 11.2.